The van der Waals surface area contributed by atoms with Crippen LogP contribution in [0.3, 0.4) is 0 Å². The smallest absolute Gasteiger partial charge is 0.255 e. The van der Waals surface area contributed by atoms with Crippen molar-refractivity contribution in [1.29, 1.82) is 0 Å². The van der Waals surface area contributed by atoms with Crippen LogP contribution in [0.4, 0.5) is 5.69 Å². The zero-order chi connectivity index (χ0) is 20.8. The number of amides is 1. The molecule has 0 aromatic heterocycles. The van der Waals surface area contributed by atoms with Crippen LogP contribution in [0, 0.1) is 10.5 Å². The van der Waals surface area contributed by atoms with Crippen LogP contribution in [0.5, 0.6) is 11.5 Å². The average molecular weight is 522 g/mol. The number of carbonyl (C=O) groups is 1. The second-order valence-corrected chi connectivity index (χ2v) is 8.11. The van der Waals surface area contributed by atoms with E-state index in [9.17, 15) is 4.79 Å². The van der Waals surface area contributed by atoms with Crippen LogP contribution in [-0.4, -0.2) is 12.5 Å². The van der Waals surface area contributed by atoms with Crippen molar-refractivity contribution in [3.05, 3.63) is 85.9 Å². The molecule has 4 nitrogen and oxygen atoms in total. The summed E-state index contributed by atoms with van der Waals surface area (Å²) in [5.74, 6) is 0.611. The number of rotatable bonds is 7. The van der Waals surface area contributed by atoms with Crippen molar-refractivity contribution >= 4 is 45.8 Å². The summed E-state index contributed by atoms with van der Waals surface area (Å²) in [7, 11) is 0. The van der Waals surface area contributed by atoms with E-state index < -0.39 is 0 Å². The largest absolute Gasteiger partial charge is 0.490 e. The lowest BCUT2D eigenvalue weighted by atomic mass is 10.1. The molecule has 0 saturated heterocycles. The van der Waals surface area contributed by atoms with E-state index in [0.717, 1.165) is 14.8 Å². The topological polar surface area (TPSA) is 47.6 Å². The van der Waals surface area contributed by atoms with Crippen molar-refractivity contribution in [2.45, 2.75) is 20.5 Å². The summed E-state index contributed by atoms with van der Waals surface area (Å²) in [5.41, 5.74) is 3.33. The van der Waals surface area contributed by atoms with Gasteiger partial charge in [-0.2, -0.15) is 0 Å². The molecule has 0 unspecified atom stereocenters. The molecular weight excluding hydrogens is 501 g/mol. The zero-order valence-electron chi connectivity index (χ0n) is 16.2. The van der Waals surface area contributed by atoms with Gasteiger partial charge < -0.3 is 14.8 Å². The molecular formula is C23H21ClINO3. The maximum absolute atomic E-state index is 12.7. The van der Waals surface area contributed by atoms with Crippen LogP contribution in [0.2, 0.25) is 5.02 Å². The van der Waals surface area contributed by atoms with Gasteiger partial charge in [0.25, 0.3) is 5.91 Å². The number of carbonyl (C=O) groups excluding carboxylic acids is 1. The third-order valence-electron chi connectivity index (χ3n) is 4.16. The first-order valence-electron chi connectivity index (χ1n) is 9.18. The molecule has 0 fully saturated rings. The Morgan fingerprint density at radius 2 is 1.83 bits per heavy atom. The normalized spacial score (nSPS) is 10.5. The molecule has 0 saturated carbocycles. The Balaban J connectivity index is 1.81. The Morgan fingerprint density at radius 1 is 1.07 bits per heavy atom. The van der Waals surface area contributed by atoms with E-state index in [1.807, 2.05) is 62.4 Å². The second-order valence-electron chi connectivity index (χ2n) is 6.46. The standard InChI is InChI=1S/C23H21ClINO3/c1-3-28-21-12-17(23(27)26-19-6-4-5-18(25)13-19)11-20(24)22(21)29-14-16-9-7-15(2)8-10-16/h4-13H,3,14H2,1-2H3,(H,26,27). The Morgan fingerprint density at radius 3 is 2.52 bits per heavy atom. The van der Waals surface area contributed by atoms with E-state index >= 15 is 0 Å². The third-order valence-corrected chi connectivity index (χ3v) is 5.11. The minimum Gasteiger partial charge on any atom is -0.490 e. The highest BCUT2D eigenvalue weighted by Gasteiger charge is 2.17. The van der Waals surface area contributed by atoms with Gasteiger partial charge in [-0.1, -0.05) is 47.5 Å². The first-order valence-corrected chi connectivity index (χ1v) is 10.6. The Hall–Kier alpha value is -2.25. The summed E-state index contributed by atoms with van der Waals surface area (Å²) in [6, 6.07) is 18.9. The zero-order valence-corrected chi connectivity index (χ0v) is 19.1. The molecule has 150 valence electrons. The monoisotopic (exact) mass is 521 g/mol. The van der Waals surface area contributed by atoms with Gasteiger partial charge >= 0.3 is 0 Å². The first kappa shape index (κ1) is 21.5. The van der Waals surface area contributed by atoms with Gasteiger partial charge in [-0.25, -0.2) is 0 Å². The van der Waals surface area contributed by atoms with Gasteiger partial charge in [0, 0.05) is 14.8 Å². The molecule has 6 heteroatoms. The van der Waals surface area contributed by atoms with Crippen molar-refractivity contribution in [2.75, 3.05) is 11.9 Å². The number of hydrogen-bond donors (Lipinski definition) is 1. The van der Waals surface area contributed by atoms with E-state index in [1.165, 1.54) is 5.56 Å². The van der Waals surface area contributed by atoms with E-state index in [4.69, 9.17) is 21.1 Å². The maximum Gasteiger partial charge on any atom is 0.255 e. The van der Waals surface area contributed by atoms with Crippen molar-refractivity contribution in [2.24, 2.45) is 0 Å². The molecule has 0 aliphatic rings. The summed E-state index contributed by atoms with van der Waals surface area (Å²) in [6.45, 7) is 4.69. The van der Waals surface area contributed by atoms with Crippen LogP contribution < -0.4 is 14.8 Å². The van der Waals surface area contributed by atoms with E-state index in [2.05, 4.69) is 27.9 Å². The number of nitrogens with one attached hydrogen (secondary N) is 1. The molecule has 0 bridgehead atoms. The highest BCUT2D eigenvalue weighted by Crippen LogP contribution is 2.37. The first-order chi connectivity index (χ1) is 14.0. The number of ether oxygens (including phenoxy) is 2. The molecule has 0 heterocycles. The van der Waals surface area contributed by atoms with E-state index in [-0.39, 0.29) is 5.91 Å². The molecule has 3 aromatic rings. The van der Waals surface area contributed by atoms with E-state index in [1.54, 1.807) is 12.1 Å². The fourth-order valence-electron chi connectivity index (χ4n) is 2.71. The predicted octanol–water partition coefficient (Wildman–Crippen LogP) is 6.48. The molecule has 1 N–H and O–H groups in total. The second kappa shape index (κ2) is 9.98. The van der Waals surface area contributed by atoms with Gasteiger partial charge in [0.2, 0.25) is 0 Å². The SMILES string of the molecule is CCOc1cc(C(=O)Nc2cccc(I)c2)cc(Cl)c1OCc1ccc(C)cc1. The van der Waals surface area contributed by atoms with Gasteiger partial charge in [-0.15, -0.1) is 0 Å². The van der Waals surface area contributed by atoms with Crippen LogP contribution >= 0.6 is 34.2 Å². The maximum atomic E-state index is 12.7. The Labute approximate surface area is 189 Å². The highest BCUT2D eigenvalue weighted by molar-refractivity contribution is 14.1. The van der Waals surface area contributed by atoms with Gasteiger partial charge in [-0.3, -0.25) is 4.79 Å². The molecule has 3 rings (SSSR count). The quantitative estimate of drug-likeness (QED) is 0.362. The summed E-state index contributed by atoms with van der Waals surface area (Å²) < 4.78 is 12.7. The number of anilines is 1. The summed E-state index contributed by atoms with van der Waals surface area (Å²) in [5, 5.41) is 3.21. The molecule has 0 spiro atoms. The van der Waals surface area contributed by atoms with Crippen molar-refractivity contribution in [3.63, 3.8) is 0 Å². The van der Waals surface area contributed by atoms with Gasteiger partial charge in [0.15, 0.2) is 11.5 Å². The lowest BCUT2D eigenvalue weighted by Crippen LogP contribution is -2.13. The minimum atomic E-state index is -0.264. The third kappa shape index (κ3) is 5.87. The van der Waals surface area contributed by atoms with Crippen molar-refractivity contribution in [3.8, 4) is 11.5 Å². The van der Waals surface area contributed by atoms with Gasteiger partial charge in [-0.05, 0) is 72.3 Å². The fourth-order valence-corrected chi connectivity index (χ4v) is 3.52. The molecule has 0 radical (unpaired) electrons. The predicted molar refractivity (Wildman–Crippen MR) is 125 cm³/mol. The Bertz CT molecular complexity index is 1010. The lowest BCUT2D eigenvalue weighted by molar-refractivity contribution is 0.102. The van der Waals surface area contributed by atoms with Crippen LogP contribution in [0.15, 0.2) is 60.7 Å². The van der Waals surface area contributed by atoms with Crippen LogP contribution in [0.25, 0.3) is 0 Å². The summed E-state index contributed by atoms with van der Waals surface area (Å²) >= 11 is 8.65. The number of hydrogen-bond acceptors (Lipinski definition) is 3. The fraction of sp³-hybridized carbons (Fsp3) is 0.174. The molecule has 3 aromatic carbocycles. The summed E-state index contributed by atoms with van der Waals surface area (Å²) in [4.78, 5) is 12.7. The van der Waals surface area contributed by atoms with Gasteiger partial charge in [0.05, 0.1) is 11.6 Å². The number of halogens is 2. The average Bonchev–Trinajstić information content (AvgIpc) is 2.68. The number of aryl methyl sites for hydroxylation is 1. The van der Waals surface area contributed by atoms with Crippen LogP contribution in [-0.2, 0) is 6.61 Å². The van der Waals surface area contributed by atoms with E-state index in [0.29, 0.717) is 35.3 Å². The van der Waals surface area contributed by atoms with Crippen LogP contribution in [0.1, 0.15) is 28.4 Å². The molecule has 29 heavy (non-hydrogen) atoms. The van der Waals surface area contributed by atoms with Gasteiger partial charge in [0.1, 0.15) is 6.61 Å². The Kier molecular flexibility index (Phi) is 7.39. The van der Waals surface area contributed by atoms with Crippen molar-refractivity contribution in [1.82, 2.24) is 0 Å². The molecule has 1 amide bonds. The minimum absolute atomic E-state index is 0.264. The molecule has 0 aliphatic heterocycles. The van der Waals surface area contributed by atoms with Crippen molar-refractivity contribution < 1.29 is 14.3 Å². The summed E-state index contributed by atoms with van der Waals surface area (Å²) in [6.07, 6.45) is 0. The number of benzene rings is 3. The lowest BCUT2D eigenvalue weighted by Gasteiger charge is -2.15. The molecule has 0 atom stereocenters. The highest BCUT2D eigenvalue weighted by atomic mass is 127. The molecule has 0 aliphatic carbocycles.